The summed E-state index contributed by atoms with van der Waals surface area (Å²) in [5, 5.41) is 2.45. The fourth-order valence-electron chi connectivity index (χ4n) is 2.51. The zero-order valence-corrected chi connectivity index (χ0v) is 11.3. The van der Waals surface area contributed by atoms with Crippen molar-refractivity contribution in [3.63, 3.8) is 0 Å². The lowest BCUT2D eigenvalue weighted by Crippen LogP contribution is -1.77. The average molecular weight is 268 g/mol. The molecule has 2 heteroatoms. The highest BCUT2D eigenvalue weighted by molar-refractivity contribution is 6.07. The number of pyridine rings is 1. The second-order valence-corrected chi connectivity index (χ2v) is 4.92. The van der Waals surface area contributed by atoms with E-state index in [1.165, 1.54) is 10.8 Å². The number of hydrogen-bond acceptors (Lipinski definition) is 1. The predicted molar refractivity (Wildman–Crippen MR) is 86.0 cm³/mol. The van der Waals surface area contributed by atoms with Crippen LogP contribution in [0, 0.1) is 11.8 Å². The number of nitrogens with one attached hydrogen (secondary N) is 1. The summed E-state index contributed by atoms with van der Waals surface area (Å²) < 4.78 is 0. The summed E-state index contributed by atoms with van der Waals surface area (Å²) in [6, 6.07) is 18.4. The monoisotopic (exact) mass is 268 g/mol. The Morgan fingerprint density at radius 2 is 1.48 bits per heavy atom. The molecule has 0 fully saturated rings. The molecule has 2 aromatic carbocycles. The molecular weight excluding hydrogens is 256 g/mol. The van der Waals surface area contributed by atoms with Gasteiger partial charge in [-0.25, -0.2) is 0 Å². The molecule has 0 unspecified atom stereocenters. The largest absolute Gasteiger partial charge is 0.355 e. The van der Waals surface area contributed by atoms with Crippen LogP contribution in [0.3, 0.4) is 0 Å². The number of aromatic nitrogens is 2. The highest BCUT2D eigenvalue weighted by Crippen LogP contribution is 2.25. The molecule has 0 aliphatic rings. The third kappa shape index (κ3) is 2.15. The second kappa shape index (κ2) is 4.81. The van der Waals surface area contributed by atoms with Crippen LogP contribution in [0.4, 0.5) is 0 Å². The normalized spacial score (nSPS) is 10.5. The number of benzene rings is 2. The van der Waals surface area contributed by atoms with Crippen LogP contribution in [0.15, 0.2) is 67.0 Å². The van der Waals surface area contributed by atoms with Gasteiger partial charge in [0.15, 0.2) is 0 Å². The first-order chi connectivity index (χ1) is 10.4. The summed E-state index contributed by atoms with van der Waals surface area (Å²) >= 11 is 0. The van der Waals surface area contributed by atoms with E-state index in [0.29, 0.717) is 0 Å². The van der Waals surface area contributed by atoms with Gasteiger partial charge in [-0.2, -0.15) is 0 Å². The van der Waals surface area contributed by atoms with Gasteiger partial charge in [-0.1, -0.05) is 30.0 Å². The molecule has 0 bridgehead atoms. The smallest absolute Gasteiger partial charge is 0.0465 e. The van der Waals surface area contributed by atoms with E-state index in [0.717, 1.165) is 22.2 Å². The molecule has 4 aromatic rings. The van der Waals surface area contributed by atoms with E-state index < -0.39 is 0 Å². The second-order valence-electron chi connectivity index (χ2n) is 4.92. The van der Waals surface area contributed by atoms with Crippen molar-refractivity contribution >= 4 is 21.8 Å². The molecule has 0 atom stereocenters. The highest BCUT2D eigenvalue weighted by Gasteiger charge is 2.03. The Kier molecular flexibility index (Phi) is 2.69. The van der Waals surface area contributed by atoms with Crippen molar-refractivity contribution in [1.29, 1.82) is 0 Å². The van der Waals surface area contributed by atoms with Gasteiger partial charge in [0.1, 0.15) is 0 Å². The number of nitrogens with zero attached hydrogens (tertiary/aromatic N) is 1. The minimum Gasteiger partial charge on any atom is -0.355 e. The van der Waals surface area contributed by atoms with Crippen LogP contribution in [0.25, 0.3) is 21.8 Å². The fourth-order valence-corrected chi connectivity index (χ4v) is 2.51. The van der Waals surface area contributed by atoms with Gasteiger partial charge in [0, 0.05) is 45.3 Å². The Labute approximate surface area is 122 Å². The summed E-state index contributed by atoms with van der Waals surface area (Å²) in [7, 11) is 0. The van der Waals surface area contributed by atoms with Gasteiger partial charge >= 0.3 is 0 Å². The summed E-state index contributed by atoms with van der Waals surface area (Å²) in [6.07, 6.45) is 3.51. The van der Waals surface area contributed by atoms with Gasteiger partial charge in [-0.05, 0) is 36.4 Å². The lowest BCUT2D eigenvalue weighted by atomic mass is 10.1. The van der Waals surface area contributed by atoms with E-state index in [1.807, 2.05) is 24.3 Å². The first-order valence-electron chi connectivity index (χ1n) is 6.83. The third-order valence-corrected chi connectivity index (χ3v) is 3.54. The molecule has 98 valence electrons. The molecule has 0 aliphatic carbocycles. The van der Waals surface area contributed by atoms with Crippen LogP contribution >= 0.6 is 0 Å². The van der Waals surface area contributed by atoms with Crippen molar-refractivity contribution in [1.82, 2.24) is 9.97 Å². The number of H-pyrrole nitrogens is 1. The summed E-state index contributed by atoms with van der Waals surface area (Å²) in [6.45, 7) is 0. The van der Waals surface area contributed by atoms with Gasteiger partial charge < -0.3 is 4.98 Å². The van der Waals surface area contributed by atoms with E-state index in [9.17, 15) is 0 Å². The minimum atomic E-state index is 0.976. The van der Waals surface area contributed by atoms with Crippen molar-refractivity contribution < 1.29 is 0 Å². The topological polar surface area (TPSA) is 28.7 Å². The van der Waals surface area contributed by atoms with E-state index in [2.05, 4.69) is 52.1 Å². The lowest BCUT2D eigenvalue weighted by molar-refractivity contribution is 1.32. The van der Waals surface area contributed by atoms with Crippen LogP contribution in [0.2, 0.25) is 0 Å². The summed E-state index contributed by atoms with van der Waals surface area (Å²) in [5.74, 6) is 6.38. The molecule has 21 heavy (non-hydrogen) atoms. The van der Waals surface area contributed by atoms with Crippen molar-refractivity contribution in [2.24, 2.45) is 0 Å². The Balaban J connectivity index is 1.84. The Hall–Kier alpha value is -3.05. The van der Waals surface area contributed by atoms with Gasteiger partial charge in [0.2, 0.25) is 0 Å². The van der Waals surface area contributed by atoms with Gasteiger partial charge in [-0.3, -0.25) is 4.98 Å². The number of fused-ring (bicyclic) bond motifs is 3. The zero-order chi connectivity index (χ0) is 14.1. The molecule has 0 spiro atoms. The van der Waals surface area contributed by atoms with Crippen LogP contribution < -0.4 is 0 Å². The molecule has 0 radical (unpaired) electrons. The van der Waals surface area contributed by atoms with Gasteiger partial charge in [0.25, 0.3) is 0 Å². The molecule has 0 saturated carbocycles. The maximum atomic E-state index is 4.00. The molecule has 0 amide bonds. The molecular formula is C19H12N2. The van der Waals surface area contributed by atoms with Gasteiger partial charge in [0.05, 0.1) is 0 Å². The first kappa shape index (κ1) is 11.7. The molecule has 0 aliphatic heterocycles. The van der Waals surface area contributed by atoms with Gasteiger partial charge in [-0.15, -0.1) is 0 Å². The van der Waals surface area contributed by atoms with E-state index >= 15 is 0 Å². The van der Waals surface area contributed by atoms with Crippen LogP contribution in [0.5, 0.6) is 0 Å². The maximum Gasteiger partial charge on any atom is 0.0465 e. The molecule has 4 rings (SSSR count). The maximum absolute atomic E-state index is 4.00. The number of rotatable bonds is 0. The standard InChI is InChI=1S/C19H12N2/c1-2-4-18-16(3-1)17-13-15(7-8-19(17)21-18)6-5-14-9-11-20-12-10-14/h1-4,7-13,21H. The Morgan fingerprint density at radius 3 is 2.38 bits per heavy atom. The SMILES string of the molecule is C(#Cc1ccc2[nH]c3ccccc3c2c1)c1ccncc1. The Morgan fingerprint density at radius 1 is 0.714 bits per heavy atom. The predicted octanol–water partition coefficient (Wildman–Crippen LogP) is 4.12. The average Bonchev–Trinajstić information content (AvgIpc) is 2.92. The first-order valence-corrected chi connectivity index (χ1v) is 6.83. The van der Waals surface area contributed by atoms with E-state index in [1.54, 1.807) is 12.4 Å². The van der Waals surface area contributed by atoms with Crippen LogP contribution in [-0.2, 0) is 0 Å². The van der Waals surface area contributed by atoms with E-state index in [4.69, 9.17) is 0 Å². The van der Waals surface area contributed by atoms with Crippen molar-refractivity contribution in [2.75, 3.05) is 0 Å². The van der Waals surface area contributed by atoms with E-state index in [-0.39, 0.29) is 0 Å². The van der Waals surface area contributed by atoms with Crippen LogP contribution in [0.1, 0.15) is 11.1 Å². The van der Waals surface area contributed by atoms with Crippen molar-refractivity contribution in [3.05, 3.63) is 78.1 Å². The van der Waals surface area contributed by atoms with Crippen molar-refractivity contribution in [3.8, 4) is 11.8 Å². The minimum absolute atomic E-state index is 0.976. The quantitative estimate of drug-likeness (QED) is 0.477. The molecule has 2 aromatic heterocycles. The molecule has 0 saturated heterocycles. The zero-order valence-electron chi connectivity index (χ0n) is 11.3. The Bertz CT molecular complexity index is 986. The highest BCUT2D eigenvalue weighted by atomic mass is 14.7. The number of aromatic amines is 1. The molecule has 1 N–H and O–H groups in total. The molecule has 2 nitrogen and oxygen atoms in total. The fraction of sp³-hybridized carbons (Fsp3) is 0. The van der Waals surface area contributed by atoms with Crippen LogP contribution in [-0.4, -0.2) is 9.97 Å². The number of hydrogen-bond donors (Lipinski definition) is 1. The van der Waals surface area contributed by atoms with Crippen molar-refractivity contribution in [2.45, 2.75) is 0 Å². The third-order valence-electron chi connectivity index (χ3n) is 3.54. The number of para-hydroxylation sites is 1. The lowest BCUT2D eigenvalue weighted by Gasteiger charge is -1.93. The summed E-state index contributed by atoms with van der Waals surface area (Å²) in [5.41, 5.74) is 4.30. The molecule has 2 heterocycles. The summed E-state index contributed by atoms with van der Waals surface area (Å²) in [4.78, 5) is 7.42.